The molecule has 2 heterocycles. The first-order valence-electron chi connectivity index (χ1n) is 7.35. The molecule has 1 aliphatic rings. The lowest BCUT2D eigenvalue weighted by Gasteiger charge is -2.30. The second-order valence-corrected chi connectivity index (χ2v) is 5.70. The molecule has 1 saturated heterocycles. The van der Waals surface area contributed by atoms with Crippen molar-refractivity contribution < 1.29 is 14.7 Å². The molecule has 120 valence electrons. The van der Waals surface area contributed by atoms with Crippen molar-refractivity contribution >= 4 is 17.8 Å². The Labute approximate surface area is 129 Å². The van der Waals surface area contributed by atoms with Crippen LogP contribution in [0.3, 0.4) is 0 Å². The third-order valence-electron chi connectivity index (χ3n) is 3.77. The molecule has 0 aromatic carbocycles. The second kappa shape index (κ2) is 7.11. The fourth-order valence-electron chi connectivity index (χ4n) is 2.44. The number of anilines is 1. The predicted octanol–water partition coefficient (Wildman–Crippen LogP) is 1.15. The Morgan fingerprint density at radius 1 is 1.45 bits per heavy atom. The summed E-state index contributed by atoms with van der Waals surface area (Å²) in [6.45, 7) is 1.26. The van der Waals surface area contributed by atoms with Crippen molar-refractivity contribution in [3.05, 3.63) is 23.9 Å². The maximum Gasteiger partial charge on any atom is 0.317 e. The summed E-state index contributed by atoms with van der Waals surface area (Å²) in [6.07, 6.45) is 3.09. The number of nitrogens with zero attached hydrogens (tertiary/aromatic N) is 3. The number of carbonyl (C=O) groups excluding carboxylic acids is 1. The number of urea groups is 1. The zero-order valence-corrected chi connectivity index (χ0v) is 13.0. The van der Waals surface area contributed by atoms with E-state index in [2.05, 4.69) is 10.3 Å². The van der Waals surface area contributed by atoms with Crippen molar-refractivity contribution in [1.29, 1.82) is 0 Å². The minimum absolute atomic E-state index is 0.220. The van der Waals surface area contributed by atoms with Crippen molar-refractivity contribution in [1.82, 2.24) is 15.2 Å². The van der Waals surface area contributed by atoms with E-state index in [1.807, 2.05) is 31.1 Å². The highest BCUT2D eigenvalue weighted by molar-refractivity contribution is 5.76. The van der Waals surface area contributed by atoms with E-state index >= 15 is 0 Å². The zero-order chi connectivity index (χ0) is 16.1. The van der Waals surface area contributed by atoms with E-state index in [0.29, 0.717) is 19.5 Å². The number of likely N-dealkylation sites (tertiary alicyclic amines) is 1. The average molecular weight is 306 g/mol. The van der Waals surface area contributed by atoms with Crippen LogP contribution in [0.4, 0.5) is 10.6 Å². The standard InChI is InChI=1S/C15H22N4O3/c1-18(2)13-6-5-11(8-16-13)9-17-15(22)19-7-3-4-12(10-19)14(20)21/h5-6,8,12H,3-4,7,9-10H2,1-2H3,(H,17,22)(H,20,21). The number of aromatic nitrogens is 1. The Morgan fingerprint density at radius 3 is 2.82 bits per heavy atom. The molecule has 0 radical (unpaired) electrons. The first-order valence-corrected chi connectivity index (χ1v) is 7.35. The van der Waals surface area contributed by atoms with E-state index in [4.69, 9.17) is 5.11 Å². The highest BCUT2D eigenvalue weighted by atomic mass is 16.4. The van der Waals surface area contributed by atoms with Crippen LogP contribution >= 0.6 is 0 Å². The summed E-state index contributed by atoms with van der Waals surface area (Å²) in [5.41, 5.74) is 0.908. The van der Waals surface area contributed by atoms with Crippen LogP contribution in [0.2, 0.25) is 0 Å². The van der Waals surface area contributed by atoms with E-state index < -0.39 is 11.9 Å². The van der Waals surface area contributed by atoms with E-state index in [0.717, 1.165) is 17.8 Å². The maximum absolute atomic E-state index is 12.1. The maximum atomic E-state index is 12.1. The molecule has 1 unspecified atom stereocenters. The summed E-state index contributed by atoms with van der Waals surface area (Å²) in [7, 11) is 3.83. The molecule has 2 N–H and O–H groups in total. The smallest absolute Gasteiger partial charge is 0.317 e. The molecule has 1 aromatic heterocycles. The molecule has 0 aliphatic carbocycles. The van der Waals surface area contributed by atoms with Gasteiger partial charge in [-0.3, -0.25) is 4.79 Å². The van der Waals surface area contributed by atoms with Crippen LogP contribution in [0.1, 0.15) is 18.4 Å². The SMILES string of the molecule is CN(C)c1ccc(CNC(=O)N2CCCC(C(=O)O)C2)cn1. The van der Waals surface area contributed by atoms with Gasteiger partial charge in [-0.25, -0.2) is 9.78 Å². The Balaban J connectivity index is 1.85. The van der Waals surface area contributed by atoms with Gasteiger partial charge in [0, 0.05) is 39.9 Å². The lowest BCUT2D eigenvalue weighted by Crippen LogP contribution is -2.46. The normalized spacial score (nSPS) is 17.9. The molecule has 7 nitrogen and oxygen atoms in total. The first-order chi connectivity index (χ1) is 10.5. The number of carbonyl (C=O) groups is 2. The van der Waals surface area contributed by atoms with Gasteiger partial charge in [-0.2, -0.15) is 0 Å². The van der Waals surface area contributed by atoms with E-state index in [1.54, 1.807) is 11.1 Å². The molecule has 7 heteroatoms. The van der Waals surface area contributed by atoms with Gasteiger partial charge in [0.05, 0.1) is 5.92 Å². The number of rotatable bonds is 4. The van der Waals surface area contributed by atoms with Gasteiger partial charge >= 0.3 is 12.0 Å². The van der Waals surface area contributed by atoms with Crippen molar-refractivity contribution in [2.75, 3.05) is 32.1 Å². The van der Waals surface area contributed by atoms with Crippen molar-refractivity contribution in [2.24, 2.45) is 5.92 Å². The van der Waals surface area contributed by atoms with Gasteiger partial charge in [0.1, 0.15) is 5.82 Å². The van der Waals surface area contributed by atoms with Gasteiger partial charge in [0.15, 0.2) is 0 Å². The number of aliphatic carboxylic acids is 1. The number of hydrogen-bond donors (Lipinski definition) is 2. The van der Waals surface area contributed by atoms with Crippen LogP contribution in [-0.4, -0.2) is 54.2 Å². The summed E-state index contributed by atoms with van der Waals surface area (Å²) in [5.74, 6) is -0.433. The van der Waals surface area contributed by atoms with Crippen LogP contribution in [0.5, 0.6) is 0 Å². The van der Waals surface area contributed by atoms with Gasteiger partial charge in [-0.05, 0) is 24.5 Å². The number of hydrogen-bond acceptors (Lipinski definition) is 4. The first kappa shape index (κ1) is 16.1. The summed E-state index contributed by atoms with van der Waals surface area (Å²) in [6, 6.07) is 3.59. The van der Waals surface area contributed by atoms with Crippen LogP contribution < -0.4 is 10.2 Å². The fraction of sp³-hybridized carbons (Fsp3) is 0.533. The van der Waals surface area contributed by atoms with Crippen LogP contribution in [0.25, 0.3) is 0 Å². The number of carboxylic acids is 1. The van der Waals surface area contributed by atoms with Gasteiger partial charge in [-0.1, -0.05) is 6.07 Å². The monoisotopic (exact) mass is 306 g/mol. The molecule has 2 rings (SSSR count). The Morgan fingerprint density at radius 2 is 2.23 bits per heavy atom. The highest BCUT2D eigenvalue weighted by Gasteiger charge is 2.27. The lowest BCUT2D eigenvalue weighted by molar-refractivity contribution is -0.143. The number of piperidine rings is 1. The van der Waals surface area contributed by atoms with Gasteiger partial charge in [0.25, 0.3) is 0 Å². The third-order valence-corrected chi connectivity index (χ3v) is 3.77. The predicted molar refractivity (Wildman–Crippen MR) is 82.7 cm³/mol. The minimum Gasteiger partial charge on any atom is -0.481 e. The highest BCUT2D eigenvalue weighted by Crippen LogP contribution is 2.16. The average Bonchev–Trinajstić information content (AvgIpc) is 2.53. The van der Waals surface area contributed by atoms with Crippen molar-refractivity contribution in [2.45, 2.75) is 19.4 Å². The number of amides is 2. The van der Waals surface area contributed by atoms with Gasteiger partial charge < -0.3 is 20.2 Å². The number of pyridine rings is 1. The van der Waals surface area contributed by atoms with Crippen LogP contribution in [0.15, 0.2) is 18.3 Å². The van der Waals surface area contributed by atoms with Crippen LogP contribution in [-0.2, 0) is 11.3 Å². The Kier molecular flexibility index (Phi) is 5.19. The lowest BCUT2D eigenvalue weighted by atomic mass is 9.99. The molecule has 1 fully saturated rings. The minimum atomic E-state index is -0.832. The Hall–Kier alpha value is -2.31. The zero-order valence-electron chi connectivity index (χ0n) is 13.0. The molecule has 1 atom stereocenters. The number of nitrogens with one attached hydrogen (secondary N) is 1. The summed E-state index contributed by atoms with van der Waals surface area (Å²) in [4.78, 5) is 30.9. The van der Waals surface area contributed by atoms with E-state index in [9.17, 15) is 9.59 Å². The van der Waals surface area contributed by atoms with E-state index in [-0.39, 0.29) is 12.6 Å². The molecular formula is C15H22N4O3. The molecule has 1 aliphatic heterocycles. The molecule has 2 amide bonds. The van der Waals surface area contributed by atoms with Crippen molar-refractivity contribution in [3.8, 4) is 0 Å². The molecule has 0 bridgehead atoms. The summed E-state index contributed by atoms with van der Waals surface area (Å²) >= 11 is 0. The third kappa shape index (κ3) is 4.09. The van der Waals surface area contributed by atoms with Gasteiger partial charge in [-0.15, -0.1) is 0 Å². The topological polar surface area (TPSA) is 85.8 Å². The van der Waals surface area contributed by atoms with Gasteiger partial charge in [0.2, 0.25) is 0 Å². The summed E-state index contributed by atoms with van der Waals surface area (Å²) in [5, 5.41) is 11.9. The second-order valence-electron chi connectivity index (χ2n) is 5.70. The van der Waals surface area contributed by atoms with E-state index in [1.165, 1.54) is 0 Å². The Bertz CT molecular complexity index is 530. The van der Waals surface area contributed by atoms with Crippen LogP contribution in [0, 0.1) is 5.92 Å². The largest absolute Gasteiger partial charge is 0.481 e. The number of carboxylic acid groups (broad SMARTS) is 1. The molecule has 0 saturated carbocycles. The fourth-order valence-corrected chi connectivity index (χ4v) is 2.44. The van der Waals surface area contributed by atoms with Crippen molar-refractivity contribution in [3.63, 3.8) is 0 Å². The molecule has 1 aromatic rings. The molecule has 0 spiro atoms. The quantitative estimate of drug-likeness (QED) is 0.871. The molecular weight excluding hydrogens is 284 g/mol. The molecule has 22 heavy (non-hydrogen) atoms. The summed E-state index contributed by atoms with van der Waals surface area (Å²) < 4.78 is 0.